The van der Waals surface area contributed by atoms with Gasteiger partial charge in [0.05, 0.1) is 5.92 Å². The molecule has 1 aliphatic heterocycles. The SMILES string of the molecule is Cc1ccc(NC(=O)[C@@H](C)OC(=O)[C@@H]2COc3ccc(Cl)cc3C2)cc1. The summed E-state index contributed by atoms with van der Waals surface area (Å²) in [6.45, 7) is 3.74. The Bertz CT molecular complexity index is 819. The summed E-state index contributed by atoms with van der Waals surface area (Å²) < 4.78 is 10.9. The zero-order valence-corrected chi connectivity index (χ0v) is 15.4. The third-order valence-electron chi connectivity index (χ3n) is 4.24. The van der Waals surface area contributed by atoms with E-state index in [1.807, 2.05) is 19.1 Å². The first-order valence-electron chi connectivity index (χ1n) is 8.41. The quantitative estimate of drug-likeness (QED) is 0.828. The van der Waals surface area contributed by atoms with Crippen molar-refractivity contribution in [2.24, 2.45) is 5.92 Å². The van der Waals surface area contributed by atoms with Gasteiger partial charge in [-0.3, -0.25) is 9.59 Å². The monoisotopic (exact) mass is 373 g/mol. The predicted octanol–water partition coefficient (Wildman–Crippen LogP) is 3.77. The molecule has 26 heavy (non-hydrogen) atoms. The fourth-order valence-electron chi connectivity index (χ4n) is 2.72. The number of rotatable bonds is 4. The number of amides is 1. The summed E-state index contributed by atoms with van der Waals surface area (Å²) in [7, 11) is 0. The molecule has 136 valence electrons. The van der Waals surface area contributed by atoms with Crippen molar-refractivity contribution in [1.29, 1.82) is 0 Å². The Labute approximate surface area is 157 Å². The number of ether oxygens (including phenoxy) is 2. The minimum atomic E-state index is -0.899. The first-order valence-corrected chi connectivity index (χ1v) is 8.79. The Kier molecular flexibility index (Phi) is 5.47. The molecule has 0 saturated heterocycles. The van der Waals surface area contributed by atoms with Crippen LogP contribution < -0.4 is 10.1 Å². The second-order valence-electron chi connectivity index (χ2n) is 6.40. The van der Waals surface area contributed by atoms with E-state index < -0.39 is 18.0 Å². The van der Waals surface area contributed by atoms with Gasteiger partial charge in [0, 0.05) is 10.7 Å². The third-order valence-corrected chi connectivity index (χ3v) is 4.48. The van der Waals surface area contributed by atoms with Gasteiger partial charge >= 0.3 is 5.97 Å². The molecule has 1 amide bonds. The van der Waals surface area contributed by atoms with Crippen LogP contribution in [0.15, 0.2) is 42.5 Å². The molecule has 1 N–H and O–H groups in total. The van der Waals surface area contributed by atoms with Crippen molar-refractivity contribution in [2.75, 3.05) is 11.9 Å². The van der Waals surface area contributed by atoms with E-state index in [-0.39, 0.29) is 12.5 Å². The molecule has 0 aromatic heterocycles. The van der Waals surface area contributed by atoms with E-state index in [1.54, 1.807) is 37.3 Å². The van der Waals surface area contributed by atoms with Crippen molar-refractivity contribution in [3.8, 4) is 5.75 Å². The Balaban J connectivity index is 1.57. The number of carbonyl (C=O) groups excluding carboxylic acids is 2. The van der Waals surface area contributed by atoms with Crippen molar-refractivity contribution >= 4 is 29.2 Å². The molecule has 0 spiro atoms. The lowest BCUT2D eigenvalue weighted by Gasteiger charge is -2.25. The van der Waals surface area contributed by atoms with Crippen LogP contribution in [0.25, 0.3) is 0 Å². The lowest BCUT2D eigenvalue weighted by atomic mass is 9.97. The van der Waals surface area contributed by atoms with Crippen LogP contribution >= 0.6 is 11.6 Å². The number of benzene rings is 2. The highest BCUT2D eigenvalue weighted by Crippen LogP contribution is 2.30. The molecule has 0 unspecified atom stereocenters. The van der Waals surface area contributed by atoms with Gasteiger partial charge in [0.1, 0.15) is 12.4 Å². The first-order chi connectivity index (χ1) is 12.4. The molecule has 2 aromatic rings. The molecule has 2 atom stereocenters. The van der Waals surface area contributed by atoms with Crippen LogP contribution in [-0.4, -0.2) is 24.6 Å². The number of carbonyl (C=O) groups is 2. The van der Waals surface area contributed by atoms with E-state index in [0.717, 1.165) is 16.9 Å². The average molecular weight is 374 g/mol. The minimum absolute atomic E-state index is 0.222. The highest BCUT2D eigenvalue weighted by Gasteiger charge is 2.30. The summed E-state index contributed by atoms with van der Waals surface area (Å²) in [6, 6.07) is 12.7. The first kappa shape index (κ1) is 18.3. The molecule has 0 fully saturated rings. The fourth-order valence-corrected chi connectivity index (χ4v) is 2.91. The van der Waals surface area contributed by atoms with E-state index >= 15 is 0 Å². The second-order valence-corrected chi connectivity index (χ2v) is 6.83. The van der Waals surface area contributed by atoms with Gasteiger partial charge in [-0.1, -0.05) is 29.3 Å². The van der Waals surface area contributed by atoms with Gasteiger partial charge in [-0.25, -0.2) is 0 Å². The van der Waals surface area contributed by atoms with Gasteiger partial charge in [0.15, 0.2) is 6.10 Å². The van der Waals surface area contributed by atoms with Gasteiger partial charge in [0.25, 0.3) is 5.91 Å². The van der Waals surface area contributed by atoms with Gasteiger partial charge in [-0.05, 0) is 56.2 Å². The summed E-state index contributed by atoms with van der Waals surface area (Å²) in [5, 5.41) is 3.33. The molecule has 6 heteroatoms. The largest absolute Gasteiger partial charge is 0.492 e. The number of fused-ring (bicyclic) bond motifs is 1. The molecule has 0 bridgehead atoms. The number of nitrogens with one attached hydrogen (secondary N) is 1. The normalized spacial score (nSPS) is 16.8. The summed E-state index contributed by atoms with van der Waals surface area (Å²) in [5.74, 6) is -0.566. The summed E-state index contributed by atoms with van der Waals surface area (Å²) in [5.41, 5.74) is 2.62. The van der Waals surface area contributed by atoms with Crippen molar-refractivity contribution in [3.63, 3.8) is 0 Å². The zero-order chi connectivity index (χ0) is 18.7. The van der Waals surface area contributed by atoms with Crippen LogP contribution in [0.4, 0.5) is 5.69 Å². The lowest BCUT2D eigenvalue weighted by molar-refractivity contribution is -0.158. The molecule has 0 aliphatic carbocycles. The number of hydrogen-bond acceptors (Lipinski definition) is 4. The third kappa shape index (κ3) is 4.35. The smallest absolute Gasteiger partial charge is 0.313 e. The summed E-state index contributed by atoms with van der Waals surface area (Å²) >= 11 is 5.99. The maximum atomic E-state index is 12.4. The number of anilines is 1. The van der Waals surface area contributed by atoms with Crippen molar-refractivity contribution < 1.29 is 19.1 Å². The number of aryl methyl sites for hydroxylation is 1. The maximum absolute atomic E-state index is 12.4. The molecular formula is C20H20ClNO4. The molecule has 0 radical (unpaired) electrons. The molecular weight excluding hydrogens is 354 g/mol. The standard InChI is InChI=1S/C20H20ClNO4/c1-12-3-6-17(7-4-12)22-19(23)13(2)26-20(24)15-9-14-10-16(21)5-8-18(14)25-11-15/h3-8,10,13,15H,9,11H2,1-2H3,(H,22,23)/t13-,15+/m1/s1. The molecule has 5 nitrogen and oxygen atoms in total. The number of halogens is 1. The Morgan fingerprint density at radius 2 is 1.96 bits per heavy atom. The highest BCUT2D eigenvalue weighted by molar-refractivity contribution is 6.30. The Morgan fingerprint density at radius 1 is 1.23 bits per heavy atom. The Morgan fingerprint density at radius 3 is 2.69 bits per heavy atom. The molecule has 1 aliphatic rings. The molecule has 0 saturated carbocycles. The van der Waals surface area contributed by atoms with Gasteiger partial charge < -0.3 is 14.8 Å². The van der Waals surface area contributed by atoms with Crippen molar-refractivity contribution in [2.45, 2.75) is 26.4 Å². The number of hydrogen-bond donors (Lipinski definition) is 1. The molecule has 3 rings (SSSR count). The predicted molar refractivity (Wildman–Crippen MR) is 99.5 cm³/mol. The van der Waals surface area contributed by atoms with Crippen LogP contribution in [0.5, 0.6) is 5.75 Å². The topological polar surface area (TPSA) is 64.6 Å². The number of esters is 1. The van der Waals surface area contributed by atoms with Crippen molar-refractivity contribution in [3.05, 3.63) is 58.6 Å². The van der Waals surface area contributed by atoms with Crippen LogP contribution in [0, 0.1) is 12.8 Å². The average Bonchev–Trinajstić information content (AvgIpc) is 2.62. The van der Waals surface area contributed by atoms with E-state index in [4.69, 9.17) is 21.1 Å². The molecule has 1 heterocycles. The highest BCUT2D eigenvalue weighted by atomic mass is 35.5. The van der Waals surface area contributed by atoms with Gasteiger partial charge in [0.2, 0.25) is 0 Å². The minimum Gasteiger partial charge on any atom is -0.492 e. The fraction of sp³-hybridized carbons (Fsp3) is 0.300. The molecule has 2 aromatic carbocycles. The van der Waals surface area contributed by atoms with Gasteiger partial charge in [-0.15, -0.1) is 0 Å². The van der Waals surface area contributed by atoms with Crippen LogP contribution in [0.2, 0.25) is 5.02 Å². The van der Waals surface area contributed by atoms with E-state index in [0.29, 0.717) is 17.1 Å². The maximum Gasteiger partial charge on any atom is 0.313 e. The van der Waals surface area contributed by atoms with Crippen LogP contribution in [-0.2, 0) is 20.7 Å². The Hall–Kier alpha value is -2.53. The zero-order valence-electron chi connectivity index (χ0n) is 14.6. The van der Waals surface area contributed by atoms with Crippen LogP contribution in [0.1, 0.15) is 18.1 Å². The van der Waals surface area contributed by atoms with E-state index in [9.17, 15) is 9.59 Å². The summed E-state index contributed by atoms with van der Waals surface area (Å²) in [4.78, 5) is 24.6. The summed E-state index contributed by atoms with van der Waals surface area (Å²) in [6.07, 6.45) is -0.425. The second kappa shape index (κ2) is 7.79. The van der Waals surface area contributed by atoms with Crippen LogP contribution in [0.3, 0.4) is 0 Å². The van der Waals surface area contributed by atoms with E-state index in [2.05, 4.69) is 5.32 Å². The van der Waals surface area contributed by atoms with E-state index in [1.165, 1.54) is 0 Å². The van der Waals surface area contributed by atoms with Crippen molar-refractivity contribution in [1.82, 2.24) is 0 Å². The van der Waals surface area contributed by atoms with Gasteiger partial charge in [-0.2, -0.15) is 0 Å². The lowest BCUT2D eigenvalue weighted by Crippen LogP contribution is -2.36.